The normalized spacial score (nSPS) is 14.5. The number of nitrogens with zero attached hydrogens (tertiary/aromatic N) is 1. The third kappa shape index (κ3) is 8.68. The van der Waals surface area contributed by atoms with Crippen LogP contribution in [0.5, 0.6) is 5.75 Å². The van der Waals surface area contributed by atoms with Crippen LogP contribution in [0.25, 0.3) is 0 Å². The van der Waals surface area contributed by atoms with Crippen LogP contribution in [0.1, 0.15) is 53.0 Å². The number of phenols is 1. The first-order chi connectivity index (χ1) is 15.9. The summed E-state index contributed by atoms with van der Waals surface area (Å²) < 4.78 is 4.85. The summed E-state index contributed by atoms with van der Waals surface area (Å²) >= 11 is 0. The van der Waals surface area contributed by atoms with Crippen molar-refractivity contribution in [1.29, 1.82) is 0 Å². The zero-order valence-corrected chi connectivity index (χ0v) is 21.3. The molecule has 0 heterocycles. The number of methoxy groups -OCH3 is 1. The second-order valence-electron chi connectivity index (χ2n) is 9.11. The van der Waals surface area contributed by atoms with Gasteiger partial charge in [0.25, 0.3) is 0 Å². The van der Waals surface area contributed by atoms with Gasteiger partial charge in [0.05, 0.1) is 7.11 Å². The van der Waals surface area contributed by atoms with E-state index >= 15 is 0 Å². The highest BCUT2D eigenvalue weighted by atomic mass is 16.5. The molecule has 0 saturated heterocycles. The van der Waals surface area contributed by atoms with Crippen LogP contribution >= 0.6 is 0 Å². The Kier molecular flexibility index (Phi) is 11.5. The summed E-state index contributed by atoms with van der Waals surface area (Å²) in [4.78, 5) is 52.2. The number of rotatable bonds is 12. The van der Waals surface area contributed by atoms with E-state index in [-0.39, 0.29) is 29.9 Å². The third-order valence-corrected chi connectivity index (χ3v) is 5.83. The Bertz CT molecular complexity index is 840. The van der Waals surface area contributed by atoms with Crippen molar-refractivity contribution in [1.82, 2.24) is 15.5 Å². The van der Waals surface area contributed by atoms with Gasteiger partial charge in [-0.2, -0.15) is 0 Å². The highest BCUT2D eigenvalue weighted by Crippen LogP contribution is 2.17. The molecule has 34 heavy (non-hydrogen) atoms. The number of nitrogens with one attached hydrogen (secondary N) is 2. The maximum absolute atomic E-state index is 13.4. The van der Waals surface area contributed by atoms with Crippen molar-refractivity contribution >= 4 is 23.7 Å². The number of benzene rings is 1. The molecule has 0 unspecified atom stereocenters. The van der Waals surface area contributed by atoms with Crippen LogP contribution in [0.15, 0.2) is 24.3 Å². The van der Waals surface area contributed by atoms with Crippen LogP contribution in [-0.4, -0.2) is 66.0 Å². The van der Waals surface area contributed by atoms with E-state index in [1.54, 1.807) is 12.1 Å². The number of hydrogen-bond acceptors (Lipinski definition) is 6. The molecule has 4 atom stereocenters. The lowest BCUT2D eigenvalue weighted by atomic mass is 9.96. The van der Waals surface area contributed by atoms with Gasteiger partial charge >= 0.3 is 5.97 Å². The maximum atomic E-state index is 13.4. The second-order valence-corrected chi connectivity index (χ2v) is 9.11. The fourth-order valence-electron chi connectivity index (χ4n) is 3.63. The fraction of sp³-hybridized carbons (Fsp3) is 0.600. The molecule has 0 radical (unpaired) electrons. The van der Waals surface area contributed by atoms with Gasteiger partial charge in [0, 0.05) is 20.4 Å². The lowest BCUT2D eigenvalue weighted by Gasteiger charge is -2.33. The number of likely N-dealkylation sites (N-methyl/N-ethyl adjacent to an activating group) is 1. The molecule has 1 rings (SSSR count). The van der Waals surface area contributed by atoms with E-state index in [0.29, 0.717) is 12.8 Å². The summed E-state index contributed by atoms with van der Waals surface area (Å²) in [5.41, 5.74) is 0.718. The van der Waals surface area contributed by atoms with E-state index in [2.05, 4.69) is 10.6 Å². The lowest BCUT2D eigenvalue weighted by molar-refractivity contribution is -0.147. The number of hydrogen-bond donors (Lipinski definition) is 3. The Labute approximate surface area is 202 Å². The van der Waals surface area contributed by atoms with Crippen LogP contribution in [-0.2, 0) is 30.3 Å². The van der Waals surface area contributed by atoms with E-state index in [1.807, 2.05) is 27.7 Å². The summed E-state index contributed by atoms with van der Waals surface area (Å²) in [5.74, 6) is -1.76. The quantitative estimate of drug-likeness (QED) is 0.396. The minimum atomic E-state index is -0.961. The van der Waals surface area contributed by atoms with Crippen molar-refractivity contribution in [3.05, 3.63) is 29.8 Å². The molecule has 1 aromatic rings. The van der Waals surface area contributed by atoms with Crippen molar-refractivity contribution in [3.63, 3.8) is 0 Å². The summed E-state index contributed by atoms with van der Waals surface area (Å²) in [6, 6.07) is 3.72. The van der Waals surface area contributed by atoms with Gasteiger partial charge in [-0.1, -0.05) is 46.2 Å². The molecular formula is C25H39N3O6. The molecule has 3 amide bonds. The Hall–Kier alpha value is -3.10. The highest BCUT2D eigenvalue weighted by molar-refractivity contribution is 5.93. The molecule has 9 heteroatoms. The van der Waals surface area contributed by atoms with Crippen molar-refractivity contribution in [2.24, 2.45) is 11.8 Å². The molecule has 1 aromatic carbocycles. The van der Waals surface area contributed by atoms with Gasteiger partial charge in [-0.3, -0.25) is 14.4 Å². The molecule has 9 nitrogen and oxygen atoms in total. The fourth-order valence-corrected chi connectivity index (χ4v) is 3.63. The molecule has 190 valence electrons. The third-order valence-electron chi connectivity index (χ3n) is 5.83. The van der Waals surface area contributed by atoms with Crippen molar-refractivity contribution < 1.29 is 29.0 Å². The van der Waals surface area contributed by atoms with Crippen LogP contribution in [0, 0.1) is 11.8 Å². The minimum Gasteiger partial charge on any atom is -0.508 e. The number of esters is 1. The topological polar surface area (TPSA) is 125 Å². The summed E-state index contributed by atoms with van der Waals surface area (Å²) in [6.07, 6.45) is 1.18. The average molecular weight is 478 g/mol. The Morgan fingerprint density at radius 2 is 1.65 bits per heavy atom. The molecule has 0 bridgehead atoms. The number of carbonyl (C=O) groups excluding carboxylic acids is 4. The molecule has 0 saturated carbocycles. The van der Waals surface area contributed by atoms with E-state index in [4.69, 9.17) is 4.74 Å². The molecule has 3 N–H and O–H groups in total. The summed E-state index contributed by atoms with van der Waals surface area (Å²) in [6.45, 7) is 8.97. The minimum absolute atomic E-state index is 0.0827. The smallest absolute Gasteiger partial charge is 0.328 e. The zero-order valence-electron chi connectivity index (χ0n) is 21.3. The van der Waals surface area contributed by atoms with E-state index in [9.17, 15) is 24.3 Å². The Morgan fingerprint density at radius 1 is 1.06 bits per heavy atom. The first kappa shape index (κ1) is 28.9. The number of aromatic hydroxyl groups is 1. The first-order valence-electron chi connectivity index (χ1n) is 11.6. The number of amides is 3. The molecule has 0 aromatic heterocycles. The highest BCUT2D eigenvalue weighted by Gasteiger charge is 2.35. The Balaban J connectivity index is 3.30. The maximum Gasteiger partial charge on any atom is 0.328 e. The van der Waals surface area contributed by atoms with Gasteiger partial charge in [-0.15, -0.1) is 0 Å². The average Bonchev–Trinajstić information content (AvgIpc) is 2.79. The second kappa shape index (κ2) is 13.6. The number of phenolic OH excluding ortho intramolecular Hbond substituents is 1. The van der Waals surface area contributed by atoms with E-state index in [0.717, 1.165) is 5.56 Å². The zero-order chi connectivity index (χ0) is 26.0. The van der Waals surface area contributed by atoms with E-state index < -0.39 is 35.9 Å². The van der Waals surface area contributed by atoms with Crippen LogP contribution in [0.2, 0.25) is 0 Å². The van der Waals surface area contributed by atoms with Gasteiger partial charge in [-0.05, 0) is 36.0 Å². The largest absolute Gasteiger partial charge is 0.508 e. The van der Waals surface area contributed by atoms with Crippen molar-refractivity contribution in [2.75, 3.05) is 14.2 Å². The van der Waals surface area contributed by atoms with Gasteiger partial charge in [0.1, 0.15) is 23.9 Å². The predicted octanol–water partition coefficient (Wildman–Crippen LogP) is 2.02. The molecule has 0 aliphatic heterocycles. The van der Waals surface area contributed by atoms with Crippen LogP contribution < -0.4 is 10.6 Å². The number of carbonyl (C=O) groups is 4. The molecule has 0 fully saturated rings. The molecule has 0 aliphatic carbocycles. The monoisotopic (exact) mass is 477 g/mol. The summed E-state index contributed by atoms with van der Waals surface area (Å²) in [5, 5.41) is 15.0. The molecule has 0 aliphatic rings. The van der Waals surface area contributed by atoms with Gasteiger partial charge in [0.2, 0.25) is 17.7 Å². The van der Waals surface area contributed by atoms with Gasteiger partial charge < -0.3 is 25.4 Å². The van der Waals surface area contributed by atoms with Crippen molar-refractivity contribution in [3.8, 4) is 5.75 Å². The summed E-state index contributed by atoms with van der Waals surface area (Å²) in [7, 11) is 2.77. The lowest BCUT2D eigenvalue weighted by Crippen LogP contribution is -2.58. The van der Waals surface area contributed by atoms with Crippen LogP contribution in [0.3, 0.4) is 0 Å². The van der Waals surface area contributed by atoms with Gasteiger partial charge in [-0.25, -0.2) is 4.79 Å². The first-order valence-corrected chi connectivity index (χ1v) is 11.6. The predicted molar refractivity (Wildman–Crippen MR) is 129 cm³/mol. The Morgan fingerprint density at radius 3 is 2.12 bits per heavy atom. The van der Waals surface area contributed by atoms with Crippen LogP contribution in [0.4, 0.5) is 0 Å². The van der Waals surface area contributed by atoms with Gasteiger partial charge in [0.15, 0.2) is 0 Å². The number of ether oxygens (including phenoxy) is 1. The SMILES string of the molecule is CC[C@@H](C)[C@H](NC(C)=O)C(=O)N(C)[C@H](Cc1ccc(O)cc1)C(=O)N[C@@H](CC(C)C)C(=O)OC. The van der Waals surface area contributed by atoms with Crippen molar-refractivity contribution in [2.45, 2.75) is 72.0 Å². The van der Waals surface area contributed by atoms with E-state index in [1.165, 1.54) is 38.1 Å². The standard InChI is InChI=1S/C25H39N3O6/c1-8-16(4)22(26-17(5)29)24(32)28(6)21(14-18-9-11-19(30)12-10-18)23(31)27-20(13-15(2)3)25(33)34-7/h9-12,15-16,20-22,30H,8,13-14H2,1-7H3,(H,26,29)(H,27,31)/t16-,20+,21-,22+/m1/s1. The molecule has 0 spiro atoms. The molecular weight excluding hydrogens is 438 g/mol.